The molecule has 0 aromatic heterocycles. The highest BCUT2D eigenvalue weighted by molar-refractivity contribution is 5.90. The van der Waals surface area contributed by atoms with Gasteiger partial charge >= 0.3 is 6.03 Å². The molecule has 1 aliphatic heterocycles. The number of anilines is 1. The van der Waals surface area contributed by atoms with Gasteiger partial charge < -0.3 is 10.2 Å². The Kier molecular flexibility index (Phi) is 3.45. The standard InChI is InChI=1S/C12H15N3O3/c1-9-8-10(15(17)18)4-5-11(9)13-12(16)14-6-2-3-7-14/h4-5,8H,2-3,6-7H2,1H3,(H,13,16). The van der Waals surface area contributed by atoms with Crippen LogP contribution in [0.1, 0.15) is 18.4 Å². The Labute approximate surface area is 105 Å². The number of hydrogen-bond acceptors (Lipinski definition) is 3. The highest BCUT2D eigenvalue weighted by Gasteiger charge is 2.18. The molecular formula is C12H15N3O3. The number of amides is 2. The minimum Gasteiger partial charge on any atom is -0.325 e. The lowest BCUT2D eigenvalue weighted by Crippen LogP contribution is -2.32. The van der Waals surface area contributed by atoms with Crippen LogP contribution in [0.25, 0.3) is 0 Å². The van der Waals surface area contributed by atoms with Gasteiger partial charge in [-0.3, -0.25) is 10.1 Å². The van der Waals surface area contributed by atoms with E-state index in [9.17, 15) is 14.9 Å². The van der Waals surface area contributed by atoms with E-state index >= 15 is 0 Å². The molecule has 1 aromatic carbocycles. The predicted octanol–water partition coefficient (Wildman–Crippen LogP) is 2.53. The second-order valence-electron chi connectivity index (χ2n) is 4.38. The third-order valence-corrected chi connectivity index (χ3v) is 3.06. The van der Waals surface area contributed by atoms with Gasteiger partial charge in [0.2, 0.25) is 0 Å². The SMILES string of the molecule is Cc1cc([N+](=O)[O-])ccc1NC(=O)N1CCCC1. The fraction of sp³-hybridized carbons (Fsp3) is 0.417. The number of urea groups is 1. The van der Waals surface area contributed by atoms with Crippen LogP contribution in [0.5, 0.6) is 0 Å². The zero-order valence-electron chi connectivity index (χ0n) is 10.2. The lowest BCUT2D eigenvalue weighted by atomic mass is 10.2. The molecule has 0 aliphatic carbocycles. The molecule has 0 spiro atoms. The fourth-order valence-electron chi connectivity index (χ4n) is 2.02. The molecule has 1 saturated heterocycles. The lowest BCUT2D eigenvalue weighted by Gasteiger charge is -2.17. The summed E-state index contributed by atoms with van der Waals surface area (Å²) in [5.41, 5.74) is 1.35. The average Bonchev–Trinajstić information content (AvgIpc) is 2.85. The molecule has 1 heterocycles. The van der Waals surface area contributed by atoms with E-state index in [4.69, 9.17) is 0 Å². The van der Waals surface area contributed by atoms with Crippen molar-refractivity contribution in [3.05, 3.63) is 33.9 Å². The quantitative estimate of drug-likeness (QED) is 0.646. The van der Waals surface area contributed by atoms with Gasteiger partial charge in [0.25, 0.3) is 5.69 Å². The van der Waals surface area contributed by atoms with Gasteiger partial charge in [0.05, 0.1) is 4.92 Å². The highest BCUT2D eigenvalue weighted by atomic mass is 16.6. The van der Waals surface area contributed by atoms with E-state index in [1.54, 1.807) is 17.9 Å². The van der Waals surface area contributed by atoms with Crippen LogP contribution < -0.4 is 5.32 Å². The van der Waals surface area contributed by atoms with Crippen molar-refractivity contribution in [2.45, 2.75) is 19.8 Å². The summed E-state index contributed by atoms with van der Waals surface area (Å²) in [5, 5.41) is 13.4. The van der Waals surface area contributed by atoms with Gasteiger partial charge in [-0.05, 0) is 31.4 Å². The number of nitro groups is 1. The summed E-state index contributed by atoms with van der Waals surface area (Å²) in [6.07, 6.45) is 2.07. The number of nitrogens with zero attached hydrogens (tertiary/aromatic N) is 2. The van der Waals surface area contributed by atoms with Crippen molar-refractivity contribution in [1.29, 1.82) is 0 Å². The normalized spacial score (nSPS) is 14.6. The van der Waals surface area contributed by atoms with Gasteiger partial charge in [0.1, 0.15) is 0 Å². The molecule has 2 amide bonds. The molecule has 96 valence electrons. The summed E-state index contributed by atoms with van der Waals surface area (Å²) < 4.78 is 0. The van der Waals surface area contributed by atoms with Gasteiger partial charge in [-0.15, -0.1) is 0 Å². The molecule has 2 rings (SSSR count). The average molecular weight is 249 g/mol. The van der Waals surface area contributed by atoms with Crippen molar-refractivity contribution in [1.82, 2.24) is 4.90 Å². The summed E-state index contributed by atoms with van der Waals surface area (Å²) in [6, 6.07) is 4.29. The first kappa shape index (κ1) is 12.3. The number of hydrogen-bond donors (Lipinski definition) is 1. The first-order valence-corrected chi connectivity index (χ1v) is 5.89. The minimum atomic E-state index is -0.445. The van der Waals surface area contributed by atoms with E-state index in [0.717, 1.165) is 25.9 Å². The number of likely N-dealkylation sites (tertiary alicyclic amines) is 1. The molecule has 6 heteroatoms. The van der Waals surface area contributed by atoms with Gasteiger partial charge in [-0.25, -0.2) is 4.79 Å². The molecule has 1 N–H and O–H groups in total. The number of carbonyl (C=O) groups is 1. The Hall–Kier alpha value is -2.11. The van der Waals surface area contributed by atoms with E-state index in [1.165, 1.54) is 12.1 Å². The van der Waals surface area contributed by atoms with E-state index in [0.29, 0.717) is 11.3 Å². The topological polar surface area (TPSA) is 75.5 Å². The molecule has 1 fully saturated rings. The third-order valence-electron chi connectivity index (χ3n) is 3.06. The molecular weight excluding hydrogens is 234 g/mol. The number of aryl methyl sites for hydroxylation is 1. The Morgan fingerprint density at radius 2 is 2.06 bits per heavy atom. The third kappa shape index (κ3) is 2.58. The molecule has 0 saturated carbocycles. The number of nitrogens with one attached hydrogen (secondary N) is 1. The van der Waals surface area contributed by atoms with Crippen molar-refractivity contribution < 1.29 is 9.72 Å². The van der Waals surface area contributed by atoms with Crippen LogP contribution in [0.15, 0.2) is 18.2 Å². The summed E-state index contributed by atoms with van der Waals surface area (Å²) in [5.74, 6) is 0. The van der Waals surface area contributed by atoms with Crippen molar-refractivity contribution in [2.75, 3.05) is 18.4 Å². The Balaban J connectivity index is 2.09. The monoisotopic (exact) mass is 249 g/mol. The molecule has 6 nitrogen and oxygen atoms in total. The first-order valence-electron chi connectivity index (χ1n) is 5.89. The van der Waals surface area contributed by atoms with E-state index in [2.05, 4.69) is 5.32 Å². The maximum atomic E-state index is 11.9. The lowest BCUT2D eigenvalue weighted by molar-refractivity contribution is -0.384. The number of benzene rings is 1. The van der Waals surface area contributed by atoms with E-state index in [1.807, 2.05) is 0 Å². The minimum absolute atomic E-state index is 0.0340. The van der Waals surface area contributed by atoms with Crippen molar-refractivity contribution in [2.24, 2.45) is 0 Å². The van der Waals surface area contributed by atoms with Crippen molar-refractivity contribution in [3.63, 3.8) is 0 Å². The Bertz CT molecular complexity index is 481. The first-order chi connectivity index (χ1) is 8.58. The maximum Gasteiger partial charge on any atom is 0.321 e. The van der Waals surface area contributed by atoms with Gasteiger partial charge in [-0.1, -0.05) is 0 Å². The number of rotatable bonds is 2. The van der Waals surface area contributed by atoms with E-state index < -0.39 is 4.92 Å². The largest absolute Gasteiger partial charge is 0.325 e. The summed E-state index contributed by atoms with van der Waals surface area (Å²) in [4.78, 5) is 23.8. The maximum absolute atomic E-state index is 11.9. The van der Waals surface area contributed by atoms with E-state index in [-0.39, 0.29) is 11.7 Å². The molecule has 0 bridgehead atoms. The van der Waals surface area contributed by atoms with Crippen LogP contribution in [-0.2, 0) is 0 Å². The van der Waals surface area contributed by atoms with Crippen LogP contribution in [0.4, 0.5) is 16.2 Å². The molecule has 1 aliphatic rings. The smallest absolute Gasteiger partial charge is 0.321 e. The van der Waals surface area contributed by atoms with Gasteiger partial charge in [0, 0.05) is 30.9 Å². The molecule has 0 unspecified atom stereocenters. The molecule has 0 radical (unpaired) electrons. The van der Waals surface area contributed by atoms with Gasteiger partial charge in [-0.2, -0.15) is 0 Å². The zero-order valence-corrected chi connectivity index (χ0v) is 10.2. The van der Waals surface area contributed by atoms with Crippen molar-refractivity contribution >= 4 is 17.4 Å². The second kappa shape index (κ2) is 5.03. The summed E-state index contributed by atoms with van der Waals surface area (Å²) >= 11 is 0. The highest BCUT2D eigenvalue weighted by Crippen LogP contribution is 2.22. The number of carbonyl (C=O) groups excluding carboxylic acids is 1. The van der Waals surface area contributed by atoms with Crippen molar-refractivity contribution in [3.8, 4) is 0 Å². The molecule has 1 aromatic rings. The fourth-order valence-corrected chi connectivity index (χ4v) is 2.02. The summed E-state index contributed by atoms with van der Waals surface area (Å²) in [6.45, 7) is 3.29. The Morgan fingerprint density at radius 1 is 1.39 bits per heavy atom. The van der Waals surface area contributed by atoms with Crippen LogP contribution in [0, 0.1) is 17.0 Å². The van der Waals surface area contributed by atoms with Crippen LogP contribution in [0.3, 0.4) is 0 Å². The molecule has 0 atom stereocenters. The Morgan fingerprint density at radius 3 is 2.61 bits per heavy atom. The van der Waals surface area contributed by atoms with Crippen LogP contribution in [-0.4, -0.2) is 28.9 Å². The number of nitro benzene ring substituents is 1. The summed E-state index contributed by atoms with van der Waals surface area (Å²) in [7, 11) is 0. The predicted molar refractivity (Wildman–Crippen MR) is 67.7 cm³/mol. The number of non-ortho nitro benzene ring substituents is 1. The van der Waals surface area contributed by atoms with Gasteiger partial charge in [0.15, 0.2) is 0 Å². The van der Waals surface area contributed by atoms with Crippen LogP contribution >= 0.6 is 0 Å². The van der Waals surface area contributed by atoms with Crippen LogP contribution in [0.2, 0.25) is 0 Å². The molecule has 18 heavy (non-hydrogen) atoms. The second-order valence-corrected chi connectivity index (χ2v) is 4.38. The zero-order chi connectivity index (χ0) is 13.1.